The van der Waals surface area contributed by atoms with E-state index in [1.165, 1.54) is 12.0 Å². The van der Waals surface area contributed by atoms with Gasteiger partial charge in [-0.1, -0.05) is 28.1 Å². The summed E-state index contributed by atoms with van der Waals surface area (Å²) in [6, 6.07) is 14.6. The quantitative estimate of drug-likeness (QED) is 0.537. The first-order chi connectivity index (χ1) is 13.0. The highest BCUT2D eigenvalue weighted by Gasteiger charge is 2.37. The van der Waals surface area contributed by atoms with E-state index < -0.39 is 5.97 Å². The number of halogens is 1. The summed E-state index contributed by atoms with van der Waals surface area (Å²) >= 11 is 3.39. The maximum absolute atomic E-state index is 13.1. The zero-order valence-corrected chi connectivity index (χ0v) is 16.7. The van der Waals surface area contributed by atoms with Crippen molar-refractivity contribution in [2.75, 3.05) is 19.1 Å². The van der Waals surface area contributed by atoms with Gasteiger partial charge in [0.2, 0.25) is 0 Å². The van der Waals surface area contributed by atoms with E-state index in [9.17, 15) is 9.59 Å². The highest BCUT2D eigenvalue weighted by Crippen LogP contribution is 2.35. The standard InChI is InChI=1S/C21H18BrNO4/c1-13-19(21(25)27-3)18(12-14-4-10-17(26-2)11-5-14)20(24)23(13)16-8-6-15(22)7-9-16/h4-12H,1-3H3/b18-12-. The van der Waals surface area contributed by atoms with E-state index in [1.807, 2.05) is 36.4 Å². The Morgan fingerprint density at radius 3 is 2.22 bits per heavy atom. The van der Waals surface area contributed by atoms with Crippen molar-refractivity contribution in [3.63, 3.8) is 0 Å². The number of hydrogen-bond donors (Lipinski definition) is 0. The molecule has 0 aliphatic carbocycles. The Kier molecular flexibility index (Phi) is 5.46. The molecule has 1 aliphatic rings. The predicted octanol–water partition coefficient (Wildman–Crippen LogP) is 4.33. The number of hydrogen-bond acceptors (Lipinski definition) is 4. The Morgan fingerprint density at radius 2 is 1.67 bits per heavy atom. The van der Waals surface area contributed by atoms with Crippen molar-refractivity contribution in [2.24, 2.45) is 0 Å². The van der Waals surface area contributed by atoms with Crippen molar-refractivity contribution < 1.29 is 19.1 Å². The molecule has 0 N–H and O–H groups in total. The van der Waals surface area contributed by atoms with Gasteiger partial charge in [0.25, 0.3) is 5.91 Å². The van der Waals surface area contributed by atoms with Crippen LogP contribution in [0.5, 0.6) is 5.75 Å². The number of benzene rings is 2. The molecule has 0 saturated heterocycles. The molecule has 5 nitrogen and oxygen atoms in total. The largest absolute Gasteiger partial charge is 0.497 e. The number of rotatable bonds is 4. The number of ether oxygens (including phenoxy) is 2. The highest BCUT2D eigenvalue weighted by molar-refractivity contribution is 9.10. The Morgan fingerprint density at radius 1 is 1.04 bits per heavy atom. The lowest BCUT2D eigenvalue weighted by molar-refractivity contribution is -0.136. The van der Waals surface area contributed by atoms with Gasteiger partial charge in [0.1, 0.15) is 5.75 Å². The Labute approximate surface area is 166 Å². The van der Waals surface area contributed by atoms with Gasteiger partial charge in [0.15, 0.2) is 0 Å². The van der Waals surface area contributed by atoms with Gasteiger partial charge in [-0.05, 0) is 55.0 Å². The van der Waals surface area contributed by atoms with Crippen molar-refractivity contribution in [3.8, 4) is 5.75 Å². The second-order valence-electron chi connectivity index (χ2n) is 5.90. The normalized spacial score (nSPS) is 15.5. The van der Waals surface area contributed by atoms with Crippen LogP contribution in [0.4, 0.5) is 5.69 Å². The average Bonchev–Trinajstić information content (AvgIpc) is 2.92. The molecule has 0 atom stereocenters. The third-order valence-corrected chi connectivity index (χ3v) is 4.83. The maximum atomic E-state index is 13.1. The van der Waals surface area contributed by atoms with Crippen LogP contribution in [0.25, 0.3) is 6.08 Å². The fourth-order valence-electron chi connectivity index (χ4n) is 2.95. The summed E-state index contributed by atoms with van der Waals surface area (Å²) in [5.41, 5.74) is 2.56. The Hall–Kier alpha value is -2.86. The summed E-state index contributed by atoms with van der Waals surface area (Å²) in [5.74, 6) is -0.0995. The maximum Gasteiger partial charge on any atom is 0.340 e. The van der Waals surface area contributed by atoms with E-state index in [0.717, 1.165) is 10.0 Å². The molecule has 27 heavy (non-hydrogen) atoms. The zero-order chi connectivity index (χ0) is 19.6. The predicted molar refractivity (Wildman–Crippen MR) is 107 cm³/mol. The van der Waals surface area contributed by atoms with Crippen LogP contribution < -0.4 is 9.64 Å². The molecule has 1 aliphatic heterocycles. The van der Waals surface area contributed by atoms with Gasteiger partial charge in [-0.2, -0.15) is 0 Å². The van der Waals surface area contributed by atoms with E-state index in [-0.39, 0.29) is 11.5 Å². The summed E-state index contributed by atoms with van der Waals surface area (Å²) in [4.78, 5) is 27.0. The van der Waals surface area contributed by atoms with Crippen LogP contribution in [0.2, 0.25) is 0 Å². The van der Waals surface area contributed by atoms with Crippen molar-refractivity contribution in [2.45, 2.75) is 6.92 Å². The van der Waals surface area contributed by atoms with Crippen LogP contribution >= 0.6 is 15.9 Å². The zero-order valence-electron chi connectivity index (χ0n) is 15.2. The molecule has 6 heteroatoms. The van der Waals surface area contributed by atoms with Gasteiger partial charge in [-0.25, -0.2) is 4.79 Å². The lowest BCUT2D eigenvalue weighted by Crippen LogP contribution is -2.24. The molecule has 0 spiro atoms. The van der Waals surface area contributed by atoms with Gasteiger partial charge in [0, 0.05) is 15.9 Å². The lowest BCUT2D eigenvalue weighted by Gasteiger charge is -2.18. The molecule has 0 unspecified atom stereocenters. The fraction of sp³-hybridized carbons (Fsp3) is 0.143. The first-order valence-electron chi connectivity index (χ1n) is 8.21. The van der Waals surface area contributed by atoms with Crippen LogP contribution in [0.1, 0.15) is 12.5 Å². The third-order valence-electron chi connectivity index (χ3n) is 4.30. The van der Waals surface area contributed by atoms with Crippen LogP contribution in [0.15, 0.2) is 69.8 Å². The van der Waals surface area contributed by atoms with Gasteiger partial charge >= 0.3 is 5.97 Å². The number of methoxy groups -OCH3 is 2. The van der Waals surface area contributed by atoms with Crippen molar-refractivity contribution in [1.82, 2.24) is 0 Å². The molecule has 0 aromatic heterocycles. The second kappa shape index (κ2) is 7.80. The summed E-state index contributed by atoms with van der Waals surface area (Å²) in [7, 11) is 2.89. The van der Waals surface area contributed by atoms with Gasteiger partial charge in [-0.3, -0.25) is 9.69 Å². The third kappa shape index (κ3) is 3.66. The number of allylic oxidation sites excluding steroid dienone is 1. The molecule has 0 radical (unpaired) electrons. The van der Waals surface area contributed by atoms with Gasteiger partial charge in [0.05, 0.1) is 25.4 Å². The van der Waals surface area contributed by atoms with E-state index in [0.29, 0.717) is 22.7 Å². The van der Waals surface area contributed by atoms with Gasteiger partial charge < -0.3 is 9.47 Å². The average molecular weight is 428 g/mol. The number of amides is 1. The number of esters is 1. The van der Waals surface area contributed by atoms with Crippen molar-refractivity contribution in [3.05, 3.63) is 75.4 Å². The minimum Gasteiger partial charge on any atom is -0.497 e. The monoisotopic (exact) mass is 427 g/mol. The molecule has 0 bridgehead atoms. The van der Waals surface area contributed by atoms with E-state index in [4.69, 9.17) is 9.47 Å². The van der Waals surface area contributed by atoms with Crippen molar-refractivity contribution in [1.29, 1.82) is 0 Å². The summed E-state index contributed by atoms with van der Waals surface area (Å²) < 4.78 is 11.0. The number of carbonyl (C=O) groups excluding carboxylic acids is 2. The molecule has 2 aromatic carbocycles. The topological polar surface area (TPSA) is 55.8 Å². The molecule has 0 fully saturated rings. The SMILES string of the molecule is COC(=O)C1=C(C)N(c2ccc(Br)cc2)C(=O)/C1=C\c1ccc(OC)cc1. The minimum absolute atomic E-state index is 0.265. The van der Waals surface area contributed by atoms with E-state index in [1.54, 1.807) is 32.2 Å². The van der Waals surface area contributed by atoms with Crippen LogP contribution in [0.3, 0.4) is 0 Å². The molecule has 2 aromatic rings. The Bertz CT molecular complexity index is 943. The van der Waals surface area contributed by atoms with Crippen LogP contribution in [0, 0.1) is 0 Å². The number of carbonyl (C=O) groups is 2. The molecular formula is C21H18BrNO4. The van der Waals surface area contributed by atoms with E-state index >= 15 is 0 Å². The van der Waals surface area contributed by atoms with Crippen LogP contribution in [-0.4, -0.2) is 26.1 Å². The lowest BCUT2D eigenvalue weighted by atomic mass is 10.0. The number of nitrogens with zero attached hydrogens (tertiary/aromatic N) is 1. The van der Waals surface area contributed by atoms with Gasteiger partial charge in [-0.15, -0.1) is 0 Å². The smallest absolute Gasteiger partial charge is 0.340 e. The minimum atomic E-state index is -0.541. The molecular weight excluding hydrogens is 410 g/mol. The van der Waals surface area contributed by atoms with Crippen molar-refractivity contribution >= 4 is 39.6 Å². The second-order valence-corrected chi connectivity index (χ2v) is 6.82. The first-order valence-corrected chi connectivity index (χ1v) is 9.01. The van der Waals surface area contributed by atoms with E-state index in [2.05, 4.69) is 15.9 Å². The summed E-state index contributed by atoms with van der Waals surface area (Å²) in [5, 5.41) is 0. The molecule has 3 rings (SSSR count). The fourth-order valence-corrected chi connectivity index (χ4v) is 3.21. The number of anilines is 1. The highest BCUT2D eigenvalue weighted by atomic mass is 79.9. The molecule has 138 valence electrons. The molecule has 0 saturated carbocycles. The Balaban J connectivity index is 2.09. The van der Waals surface area contributed by atoms with Crippen LogP contribution in [-0.2, 0) is 14.3 Å². The molecule has 1 amide bonds. The first kappa shape index (κ1) is 18.9. The molecule has 1 heterocycles. The summed E-state index contributed by atoms with van der Waals surface area (Å²) in [6.07, 6.45) is 1.69. The summed E-state index contributed by atoms with van der Waals surface area (Å²) in [6.45, 7) is 1.74.